The van der Waals surface area contributed by atoms with Crippen LogP contribution in [0.5, 0.6) is 0 Å². The van der Waals surface area contributed by atoms with Crippen molar-refractivity contribution < 1.29 is 67.3 Å². The molecule has 0 aromatic rings. The third-order valence-electron chi connectivity index (χ3n) is 15.2. The highest BCUT2D eigenvalue weighted by molar-refractivity contribution is 6.39. The van der Waals surface area contributed by atoms with E-state index in [1.165, 1.54) is 12.0 Å². The van der Waals surface area contributed by atoms with Crippen molar-refractivity contribution in [2.45, 2.75) is 187 Å². The summed E-state index contributed by atoms with van der Waals surface area (Å²) in [5.74, 6) is -7.83. The molecule has 0 aromatic carbocycles. The number of aliphatic hydroxyl groups excluding tert-OH is 1. The Bertz CT molecular complexity index is 1840. The largest absolute Gasteiger partial charge is 0.460 e. The molecule has 15 nitrogen and oxygen atoms in total. The molecule has 1 amide bonds. The van der Waals surface area contributed by atoms with E-state index >= 15 is 0 Å². The number of piperidine rings is 1. The van der Waals surface area contributed by atoms with Gasteiger partial charge in [-0.1, -0.05) is 71.1 Å². The number of hydrogen-bond donors (Lipinski definition) is 2. The second-order valence-corrected chi connectivity index (χ2v) is 20.6. The van der Waals surface area contributed by atoms with Crippen molar-refractivity contribution in [3.8, 4) is 0 Å². The molecule has 0 spiro atoms. The minimum Gasteiger partial charge on any atom is -0.460 e. The van der Waals surface area contributed by atoms with Gasteiger partial charge in [-0.3, -0.25) is 19.2 Å². The first-order valence-electron chi connectivity index (χ1n) is 26.0. The highest BCUT2D eigenvalue weighted by atomic mass is 16.6. The number of nitrogens with zero attached hydrogens (tertiary/aromatic N) is 1. The first-order valence-corrected chi connectivity index (χ1v) is 26.0. The Hall–Kier alpha value is -3.41. The van der Waals surface area contributed by atoms with Crippen molar-refractivity contribution >= 4 is 29.2 Å². The molecule has 4 rings (SSSR count). The molecule has 2 bridgehead atoms. The summed E-state index contributed by atoms with van der Waals surface area (Å²) in [6, 6.07) is -1.14. The predicted octanol–water partition coefficient (Wildman–Crippen LogP) is 7.24. The number of aliphatic hydroxyl groups is 2. The highest BCUT2D eigenvalue weighted by Gasteiger charge is 2.53. The SMILES string of the molecule is CCOCCO[C@@H]1CC[C@@H](C[C@@H](C)[C@@H]2CC(=O)[C@H](C)/C=C(\C)[C@@H](O)C(OC)C(=O)[C@H](C)C[C@H](C)/C=C/C=C/C=C(\C)[C@@H](OC)C[C@@H]3CC[C@@H](C)[C@@](O)(O3)C(=O)C(=O)N3CCCC[C@H]3C(=O)O2)C[C@H]1OC. The second kappa shape index (κ2) is 28.7. The number of amides is 1. The molecule has 396 valence electrons. The van der Waals surface area contributed by atoms with E-state index in [4.69, 9.17) is 33.2 Å². The molecule has 3 aliphatic heterocycles. The van der Waals surface area contributed by atoms with Gasteiger partial charge in [-0.05, 0) is 114 Å². The zero-order valence-electron chi connectivity index (χ0n) is 44.1. The monoisotopic (exact) mass is 986 g/mol. The van der Waals surface area contributed by atoms with E-state index in [0.717, 1.165) is 18.4 Å². The van der Waals surface area contributed by atoms with Gasteiger partial charge in [0.25, 0.3) is 11.7 Å². The van der Waals surface area contributed by atoms with Crippen LogP contribution >= 0.6 is 0 Å². The van der Waals surface area contributed by atoms with E-state index in [2.05, 4.69) is 0 Å². The quantitative estimate of drug-likeness (QED) is 0.0911. The zero-order valence-corrected chi connectivity index (χ0v) is 44.1. The lowest BCUT2D eigenvalue weighted by atomic mass is 9.78. The van der Waals surface area contributed by atoms with Gasteiger partial charge in [0, 0.05) is 65.1 Å². The molecular formula is C55H87NO14. The average Bonchev–Trinajstić information content (AvgIpc) is 3.34. The fourth-order valence-electron chi connectivity index (χ4n) is 10.7. The number of ether oxygens (including phenoxy) is 7. The molecule has 3 heterocycles. The van der Waals surface area contributed by atoms with Gasteiger partial charge in [-0.25, -0.2) is 4.79 Å². The van der Waals surface area contributed by atoms with E-state index in [1.807, 2.05) is 65.0 Å². The summed E-state index contributed by atoms with van der Waals surface area (Å²) in [6.45, 7) is 16.4. The van der Waals surface area contributed by atoms with Crippen molar-refractivity contribution in [1.82, 2.24) is 4.90 Å². The number of allylic oxidation sites excluding steroid dienone is 6. The van der Waals surface area contributed by atoms with E-state index in [9.17, 15) is 34.2 Å². The summed E-state index contributed by atoms with van der Waals surface area (Å²) in [5, 5.41) is 23.5. The van der Waals surface area contributed by atoms with Crippen LogP contribution in [0.3, 0.4) is 0 Å². The maximum atomic E-state index is 14.5. The topological polar surface area (TPSA) is 194 Å². The number of cyclic esters (lactones) is 1. The number of methoxy groups -OCH3 is 3. The maximum Gasteiger partial charge on any atom is 0.329 e. The van der Waals surface area contributed by atoms with Gasteiger partial charge in [-0.15, -0.1) is 0 Å². The molecule has 15 heteroatoms. The number of rotatable bonds is 11. The number of Topliss-reactive ketones (excluding diaryl/α,β-unsaturated/α-hetero) is 3. The van der Waals surface area contributed by atoms with Gasteiger partial charge in [0.05, 0.1) is 37.6 Å². The Morgan fingerprint density at radius 1 is 0.843 bits per heavy atom. The summed E-state index contributed by atoms with van der Waals surface area (Å²) < 4.78 is 41.5. The Kier molecular flexibility index (Phi) is 24.3. The average molecular weight is 986 g/mol. The normalized spacial score (nSPS) is 38.4. The van der Waals surface area contributed by atoms with E-state index in [1.54, 1.807) is 41.1 Å². The summed E-state index contributed by atoms with van der Waals surface area (Å²) in [7, 11) is 4.64. The van der Waals surface area contributed by atoms with Crippen molar-refractivity contribution in [3.63, 3.8) is 0 Å². The van der Waals surface area contributed by atoms with E-state index in [0.29, 0.717) is 76.8 Å². The molecule has 2 N–H and O–H groups in total. The van der Waals surface area contributed by atoms with Gasteiger partial charge in [-0.2, -0.15) is 0 Å². The van der Waals surface area contributed by atoms with Crippen LogP contribution in [0.2, 0.25) is 0 Å². The van der Waals surface area contributed by atoms with E-state index < -0.39 is 77.8 Å². The standard InChI is InChI=1S/C55H87NO14/c1-12-67-26-27-68-45-24-22-41(31-48(45)65-10)30-37(5)47-33-44(57)36(4)29-39(7)50(59)51(66-11)49(58)38(6)28-34(2)18-14-13-15-19-35(3)46(64-9)32-42-23-21-40(8)55(63,70-42)52(60)53(61)56-25-17-16-20-43(56)54(62)69-47/h13-15,18-19,29,34,36-38,40-43,45-48,50-51,59,63H,12,16-17,20-28,30-33H2,1-11H3/b15-13+,18-14+,35-19+,39-29+/t34-,36-,37-,38-,40-,41+,42+,43+,45-,46+,47+,48-,50-,51?,55-/m1/s1. The number of carbonyl (C=O) groups is 5. The fourth-order valence-corrected chi connectivity index (χ4v) is 10.7. The van der Waals surface area contributed by atoms with Crippen LogP contribution in [-0.2, 0) is 57.1 Å². The maximum absolute atomic E-state index is 14.5. The molecule has 3 fully saturated rings. The summed E-state index contributed by atoms with van der Waals surface area (Å²) in [6.07, 6.45) is 12.4. The highest BCUT2D eigenvalue weighted by Crippen LogP contribution is 2.38. The third-order valence-corrected chi connectivity index (χ3v) is 15.2. The lowest BCUT2D eigenvalue weighted by molar-refractivity contribution is -0.265. The Morgan fingerprint density at radius 3 is 2.27 bits per heavy atom. The molecule has 0 radical (unpaired) electrons. The minimum absolute atomic E-state index is 0.0195. The number of hydrogen-bond acceptors (Lipinski definition) is 14. The van der Waals surface area contributed by atoms with Crippen molar-refractivity contribution in [3.05, 3.63) is 47.6 Å². The zero-order chi connectivity index (χ0) is 51.7. The van der Waals surface area contributed by atoms with E-state index in [-0.39, 0.29) is 60.9 Å². The summed E-state index contributed by atoms with van der Waals surface area (Å²) >= 11 is 0. The van der Waals surface area contributed by atoms with Gasteiger partial charge in [0.2, 0.25) is 5.79 Å². The van der Waals surface area contributed by atoms with Crippen LogP contribution in [0.4, 0.5) is 0 Å². The predicted molar refractivity (Wildman–Crippen MR) is 265 cm³/mol. The number of carbonyl (C=O) groups excluding carboxylic acids is 5. The molecule has 0 aromatic heterocycles. The first kappa shape index (κ1) is 59.2. The molecular weight excluding hydrogens is 899 g/mol. The van der Waals surface area contributed by atoms with Crippen LogP contribution in [0.1, 0.15) is 132 Å². The van der Waals surface area contributed by atoms with Crippen molar-refractivity contribution in [2.75, 3.05) is 47.7 Å². The van der Waals surface area contributed by atoms with Crippen LogP contribution in [-0.4, -0.2) is 147 Å². The van der Waals surface area contributed by atoms with Crippen LogP contribution in [0.25, 0.3) is 0 Å². The van der Waals surface area contributed by atoms with Crippen LogP contribution in [0, 0.1) is 35.5 Å². The Labute approximate surface area is 418 Å². The number of fused-ring (bicyclic) bond motifs is 3. The van der Waals surface area contributed by atoms with Gasteiger partial charge in [0.15, 0.2) is 5.78 Å². The van der Waals surface area contributed by atoms with Gasteiger partial charge < -0.3 is 48.3 Å². The first-order chi connectivity index (χ1) is 33.3. The van der Waals surface area contributed by atoms with Crippen LogP contribution < -0.4 is 0 Å². The second-order valence-electron chi connectivity index (χ2n) is 20.6. The molecule has 1 aliphatic carbocycles. The number of ketones is 3. The smallest absolute Gasteiger partial charge is 0.329 e. The fraction of sp³-hybridized carbons (Fsp3) is 0.764. The molecule has 4 aliphatic rings. The van der Waals surface area contributed by atoms with Gasteiger partial charge in [0.1, 0.15) is 30.1 Å². The summed E-state index contributed by atoms with van der Waals surface area (Å²) in [4.78, 5) is 72.4. The van der Waals surface area contributed by atoms with Crippen molar-refractivity contribution in [2.24, 2.45) is 35.5 Å². The molecule has 70 heavy (non-hydrogen) atoms. The molecule has 15 atom stereocenters. The van der Waals surface area contributed by atoms with Crippen molar-refractivity contribution in [1.29, 1.82) is 0 Å². The summed E-state index contributed by atoms with van der Waals surface area (Å²) in [5.41, 5.74) is 1.28. The minimum atomic E-state index is -2.43. The lowest BCUT2D eigenvalue weighted by Gasteiger charge is -2.42. The lowest BCUT2D eigenvalue weighted by Crippen LogP contribution is -2.61. The molecule has 1 unspecified atom stereocenters. The van der Waals surface area contributed by atoms with Crippen LogP contribution in [0.15, 0.2) is 47.6 Å². The third kappa shape index (κ3) is 16.3. The molecule has 2 saturated heterocycles. The Balaban J connectivity index is 1.68. The molecule has 1 saturated carbocycles. The Morgan fingerprint density at radius 2 is 1.59 bits per heavy atom. The van der Waals surface area contributed by atoms with Gasteiger partial charge >= 0.3 is 5.97 Å². The number of esters is 1.